The van der Waals surface area contributed by atoms with Crippen molar-refractivity contribution < 1.29 is 9.53 Å². The quantitative estimate of drug-likeness (QED) is 0.644. The SMILES string of the molecule is C=CCn1c(C(=O)OCC)c(Br)c2ncccc21. The molecule has 2 aromatic heterocycles. The molecule has 0 bridgehead atoms. The van der Waals surface area contributed by atoms with E-state index in [1.165, 1.54) is 0 Å². The lowest BCUT2D eigenvalue weighted by Gasteiger charge is -2.07. The summed E-state index contributed by atoms with van der Waals surface area (Å²) in [6.45, 7) is 6.36. The molecular formula is C13H13BrN2O2. The van der Waals surface area contributed by atoms with Gasteiger partial charge in [0.05, 0.1) is 16.6 Å². The molecule has 4 nitrogen and oxygen atoms in total. The third-order valence-corrected chi connectivity index (χ3v) is 3.29. The third-order valence-electron chi connectivity index (χ3n) is 2.54. The van der Waals surface area contributed by atoms with E-state index in [0.29, 0.717) is 23.3 Å². The molecule has 0 N–H and O–H groups in total. The lowest BCUT2D eigenvalue weighted by atomic mass is 10.4. The van der Waals surface area contributed by atoms with Crippen molar-refractivity contribution in [3.8, 4) is 0 Å². The average Bonchev–Trinajstić information content (AvgIpc) is 2.65. The van der Waals surface area contributed by atoms with Crippen LogP contribution in [0, 0.1) is 0 Å². The number of aromatic nitrogens is 2. The molecule has 94 valence electrons. The Kier molecular flexibility index (Phi) is 3.81. The van der Waals surface area contributed by atoms with Gasteiger partial charge in [0, 0.05) is 12.7 Å². The lowest BCUT2D eigenvalue weighted by molar-refractivity contribution is 0.0514. The van der Waals surface area contributed by atoms with Crippen LogP contribution in [-0.2, 0) is 11.3 Å². The smallest absolute Gasteiger partial charge is 0.356 e. The first kappa shape index (κ1) is 12.8. The van der Waals surface area contributed by atoms with E-state index in [2.05, 4.69) is 27.5 Å². The molecule has 5 heteroatoms. The van der Waals surface area contributed by atoms with Crippen LogP contribution >= 0.6 is 15.9 Å². The summed E-state index contributed by atoms with van der Waals surface area (Å²) in [7, 11) is 0. The second-order valence-corrected chi connectivity index (χ2v) is 4.45. The molecule has 0 aliphatic heterocycles. The summed E-state index contributed by atoms with van der Waals surface area (Å²) in [5, 5.41) is 0. The number of pyridine rings is 1. The average molecular weight is 309 g/mol. The van der Waals surface area contributed by atoms with Crippen LogP contribution < -0.4 is 0 Å². The monoisotopic (exact) mass is 308 g/mol. The summed E-state index contributed by atoms with van der Waals surface area (Å²) in [6, 6.07) is 3.75. The molecule has 0 aliphatic rings. The van der Waals surface area contributed by atoms with Crippen molar-refractivity contribution in [1.29, 1.82) is 0 Å². The Labute approximate surface area is 113 Å². The van der Waals surface area contributed by atoms with E-state index in [0.717, 1.165) is 11.0 Å². The largest absolute Gasteiger partial charge is 0.461 e. The van der Waals surface area contributed by atoms with Gasteiger partial charge >= 0.3 is 5.97 Å². The van der Waals surface area contributed by atoms with Gasteiger partial charge < -0.3 is 9.30 Å². The number of rotatable bonds is 4. The Morgan fingerprint density at radius 2 is 2.44 bits per heavy atom. The number of ether oxygens (including phenoxy) is 1. The maximum atomic E-state index is 12.0. The van der Waals surface area contributed by atoms with Crippen LogP contribution in [0.1, 0.15) is 17.4 Å². The van der Waals surface area contributed by atoms with E-state index in [9.17, 15) is 4.79 Å². The van der Waals surface area contributed by atoms with Crippen molar-refractivity contribution in [3.63, 3.8) is 0 Å². The Morgan fingerprint density at radius 1 is 1.67 bits per heavy atom. The van der Waals surface area contributed by atoms with Gasteiger partial charge in [-0.15, -0.1) is 6.58 Å². The van der Waals surface area contributed by atoms with E-state index < -0.39 is 0 Å². The number of halogens is 1. The molecule has 0 amide bonds. The summed E-state index contributed by atoms with van der Waals surface area (Å²) >= 11 is 3.42. The summed E-state index contributed by atoms with van der Waals surface area (Å²) in [5.74, 6) is -0.357. The van der Waals surface area contributed by atoms with Gasteiger partial charge in [-0.05, 0) is 35.0 Å². The number of hydrogen-bond acceptors (Lipinski definition) is 3. The van der Waals surface area contributed by atoms with Gasteiger partial charge in [-0.3, -0.25) is 4.98 Å². The number of fused-ring (bicyclic) bond motifs is 1. The summed E-state index contributed by atoms with van der Waals surface area (Å²) < 4.78 is 7.58. The summed E-state index contributed by atoms with van der Waals surface area (Å²) in [6.07, 6.45) is 3.43. The van der Waals surface area contributed by atoms with E-state index in [4.69, 9.17) is 4.74 Å². The molecule has 0 unspecified atom stereocenters. The molecule has 0 saturated heterocycles. The normalized spacial score (nSPS) is 10.6. The van der Waals surface area contributed by atoms with Gasteiger partial charge in [-0.2, -0.15) is 0 Å². The lowest BCUT2D eigenvalue weighted by Crippen LogP contribution is -2.12. The van der Waals surface area contributed by atoms with Crippen molar-refractivity contribution in [2.75, 3.05) is 6.61 Å². The number of carbonyl (C=O) groups is 1. The summed E-state index contributed by atoms with van der Waals surface area (Å²) in [4.78, 5) is 16.3. The minimum atomic E-state index is -0.357. The number of carbonyl (C=O) groups excluding carboxylic acids is 1. The second kappa shape index (κ2) is 5.35. The number of hydrogen-bond donors (Lipinski definition) is 0. The molecule has 2 heterocycles. The first-order valence-corrected chi connectivity index (χ1v) is 6.40. The van der Waals surface area contributed by atoms with Crippen molar-refractivity contribution in [1.82, 2.24) is 9.55 Å². The predicted octanol–water partition coefficient (Wildman–Crippen LogP) is 3.16. The maximum absolute atomic E-state index is 12.0. The standard InChI is InChI=1S/C13H13BrN2O2/c1-3-8-16-9-6-5-7-15-11(9)10(14)12(16)13(17)18-4-2/h3,5-7H,1,4,8H2,2H3. The Hall–Kier alpha value is -1.62. The highest BCUT2D eigenvalue weighted by molar-refractivity contribution is 9.10. The van der Waals surface area contributed by atoms with Crippen LogP contribution in [0.5, 0.6) is 0 Å². The molecule has 2 rings (SSSR count). The molecule has 0 atom stereocenters. The van der Waals surface area contributed by atoms with Crippen molar-refractivity contribution in [2.45, 2.75) is 13.5 Å². The number of esters is 1. The Morgan fingerprint density at radius 3 is 3.11 bits per heavy atom. The van der Waals surface area contributed by atoms with Crippen LogP contribution in [0.25, 0.3) is 11.0 Å². The highest BCUT2D eigenvalue weighted by atomic mass is 79.9. The summed E-state index contributed by atoms with van der Waals surface area (Å²) in [5.41, 5.74) is 2.11. The van der Waals surface area contributed by atoms with Crippen molar-refractivity contribution >= 4 is 32.9 Å². The van der Waals surface area contributed by atoms with Crippen LogP contribution in [0.4, 0.5) is 0 Å². The highest BCUT2D eigenvalue weighted by Gasteiger charge is 2.22. The Balaban J connectivity index is 2.69. The first-order valence-electron chi connectivity index (χ1n) is 5.61. The van der Waals surface area contributed by atoms with Crippen LogP contribution in [-0.4, -0.2) is 22.1 Å². The maximum Gasteiger partial charge on any atom is 0.356 e. The molecule has 0 aliphatic carbocycles. The fourth-order valence-electron chi connectivity index (χ4n) is 1.85. The molecule has 0 saturated carbocycles. The topological polar surface area (TPSA) is 44.1 Å². The van der Waals surface area contributed by atoms with Gasteiger partial charge in [-0.1, -0.05) is 6.08 Å². The molecular weight excluding hydrogens is 296 g/mol. The zero-order valence-corrected chi connectivity index (χ0v) is 11.6. The zero-order valence-electron chi connectivity index (χ0n) is 10.0. The van der Waals surface area contributed by atoms with Gasteiger partial charge in [-0.25, -0.2) is 4.79 Å². The van der Waals surface area contributed by atoms with Gasteiger partial charge in [0.1, 0.15) is 11.2 Å². The second-order valence-electron chi connectivity index (χ2n) is 3.65. The van der Waals surface area contributed by atoms with Crippen LogP contribution in [0.15, 0.2) is 35.5 Å². The molecule has 18 heavy (non-hydrogen) atoms. The predicted molar refractivity (Wildman–Crippen MR) is 73.6 cm³/mol. The minimum absolute atomic E-state index is 0.342. The van der Waals surface area contributed by atoms with Gasteiger partial charge in [0.2, 0.25) is 0 Å². The fraction of sp³-hybridized carbons (Fsp3) is 0.231. The van der Waals surface area contributed by atoms with Gasteiger partial charge in [0.15, 0.2) is 0 Å². The Bertz CT molecular complexity index is 604. The number of nitrogens with zero attached hydrogens (tertiary/aromatic N) is 2. The fourth-order valence-corrected chi connectivity index (χ4v) is 2.53. The van der Waals surface area contributed by atoms with E-state index in [1.54, 1.807) is 19.2 Å². The molecule has 0 fully saturated rings. The van der Waals surface area contributed by atoms with Crippen molar-refractivity contribution in [3.05, 3.63) is 41.2 Å². The highest BCUT2D eigenvalue weighted by Crippen LogP contribution is 2.30. The number of allylic oxidation sites excluding steroid dienone is 1. The van der Waals surface area contributed by atoms with E-state index >= 15 is 0 Å². The first-order chi connectivity index (χ1) is 8.70. The molecule has 0 radical (unpaired) electrons. The molecule has 0 aromatic carbocycles. The van der Waals surface area contributed by atoms with E-state index in [1.807, 2.05) is 16.7 Å². The van der Waals surface area contributed by atoms with Crippen LogP contribution in [0.3, 0.4) is 0 Å². The van der Waals surface area contributed by atoms with Gasteiger partial charge in [0.25, 0.3) is 0 Å². The zero-order chi connectivity index (χ0) is 13.1. The van der Waals surface area contributed by atoms with Crippen LogP contribution in [0.2, 0.25) is 0 Å². The van der Waals surface area contributed by atoms with E-state index in [-0.39, 0.29) is 5.97 Å². The molecule has 0 spiro atoms. The molecule has 2 aromatic rings. The minimum Gasteiger partial charge on any atom is -0.461 e. The van der Waals surface area contributed by atoms with Crippen molar-refractivity contribution in [2.24, 2.45) is 0 Å². The third kappa shape index (κ3) is 2.06.